The molecule has 0 aliphatic rings. The average molecular weight is 239 g/mol. The van der Waals surface area contributed by atoms with E-state index in [1.165, 1.54) is 11.3 Å². The molecule has 0 bridgehead atoms. The molecule has 3 nitrogen and oxygen atoms in total. The van der Waals surface area contributed by atoms with Crippen LogP contribution in [0.15, 0.2) is 22.5 Å². The molecule has 78 valence electrons. The molecule has 5 heteroatoms. The third kappa shape index (κ3) is 2.13. The number of benzene rings is 1. The van der Waals surface area contributed by atoms with Gasteiger partial charge in [-0.25, -0.2) is 9.78 Å². The van der Waals surface area contributed by atoms with E-state index in [0.717, 1.165) is 10.2 Å². The number of hydrogen-bond donors (Lipinski definition) is 1. The fourth-order valence-electron chi connectivity index (χ4n) is 1.25. The molecule has 0 saturated carbocycles. The van der Waals surface area contributed by atoms with Gasteiger partial charge in [-0.05, 0) is 25.1 Å². The summed E-state index contributed by atoms with van der Waals surface area (Å²) in [7, 11) is 0. The van der Waals surface area contributed by atoms with Crippen LogP contribution in [0.25, 0.3) is 10.2 Å². The predicted octanol–water partition coefficient (Wildman–Crippen LogP) is 2.76. The summed E-state index contributed by atoms with van der Waals surface area (Å²) in [6.07, 6.45) is 0. The minimum absolute atomic E-state index is 0.298. The summed E-state index contributed by atoms with van der Waals surface area (Å²) in [5, 5.41) is 0. The van der Waals surface area contributed by atoms with E-state index in [4.69, 9.17) is 4.74 Å². The van der Waals surface area contributed by atoms with Crippen molar-refractivity contribution >= 4 is 40.2 Å². The maximum Gasteiger partial charge on any atom is 0.338 e. The van der Waals surface area contributed by atoms with E-state index >= 15 is 0 Å². The molecule has 0 radical (unpaired) electrons. The Morgan fingerprint density at radius 1 is 1.60 bits per heavy atom. The maximum atomic E-state index is 11.4. The first-order valence-electron chi connectivity index (χ1n) is 4.47. The van der Waals surface area contributed by atoms with Gasteiger partial charge in [-0.15, -0.1) is 24.0 Å². The molecular formula is C10H9NO2S2. The number of rotatable bonds is 2. The van der Waals surface area contributed by atoms with Crippen LogP contribution < -0.4 is 0 Å². The second-order valence-corrected chi connectivity index (χ2v) is 4.66. The van der Waals surface area contributed by atoms with Gasteiger partial charge in [0, 0.05) is 0 Å². The molecule has 0 aliphatic carbocycles. The number of aromatic nitrogens is 1. The van der Waals surface area contributed by atoms with Crippen molar-refractivity contribution in [1.29, 1.82) is 0 Å². The Morgan fingerprint density at radius 2 is 2.40 bits per heavy atom. The molecule has 0 N–H and O–H groups in total. The molecular weight excluding hydrogens is 230 g/mol. The fraction of sp³-hybridized carbons (Fsp3) is 0.200. The van der Waals surface area contributed by atoms with Crippen LogP contribution in [0, 0.1) is 0 Å². The minimum Gasteiger partial charge on any atom is -0.462 e. The van der Waals surface area contributed by atoms with Crippen LogP contribution in [0.3, 0.4) is 0 Å². The normalized spacial score (nSPS) is 10.5. The monoisotopic (exact) mass is 239 g/mol. The topological polar surface area (TPSA) is 39.2 Å². The van der Waals surface area contributed by atoms with Crippen molar-refractivity contribution in [2.45, 2.75) is 11.3 Å². The fourth-order valence-corrected chi connectivity index (χ4v) is 2.40. The highest BCUT2D eigenvalue weighted by atomic mass is 32.2. The van der Waals surface area contributed by atoms with Gasteiger partial charge in [0.25, 0.3) is 0 Å². The Kier molecular flexibility index (Phi) is 2.93. The van der Waals surface area contributed by atoms with Crippen molar-refractivity contribution in [3.63, 3.8) is 0 Å². The molecule has 0 saturated heterocycles. The van der Waals surface area contributed by atoms with E-state index in [2.05, 4.69) is 17.6 Å². The van der Waals surface area contributed by atoms with Gasteiger partial charge in [-0.2, -0.15) is 0 Å². The molecule has 0 spiro atoms. The molecule has 0 amide bonds. The summed E-state index contributed by atoms with van der Waals surface area (Å²) in [6.45, 7) is 2.17. The number of hydrogen-bond acceptors (Lipinski definition) is 5. The van der Waals surface area contributed by atoms with Crippen molar-refractivity contribution in [1.82, 2.24) is 4.98 Å². The highest BCUT2D eigenvalue weighted by Gasteiger charge is 2.08. The first-order chi connectivity index (χ1) is 7.20. The summed E-state index contributed by atoms with van der Waals surface area (Å²) >= 11 is 5.61. The number of nitrogens with zero attached hydrogens (tertiary/aromatic N) is 1. The number of thiazole rings is 1. The van der Waals surface area contributed by atoms with Gasteiger partial charge in [0.1, 0.15) is 4.34 Å². The molecule has 1 heterocycles. The summed E-state index contributed by atoms with van der Waals surface area (Å²) in [6, 6.07) is 5.30. The van der Waals surface area contributed by atoms with E-state index in [9.17, 15) is 4.79 Å². The molecule has 1 aromatic carbocycles. The van der Waals surface area contributed by atoms with Gasteiger partial charge < -0.3 is 4.74 Å². The second-order valence-electron chi connectivity index (χ2n) is 2.90. The van der Waals surface area contributed by atoms with Gasteiger partial charge in [0.2, 0.25) is 0 Å². The third-order valence-electron chi connectivity index (χ3n) is 1.89. The summed E-state index contributed by atoms with van der Waals surface area (Å²) in [5.74, 6) is -0.298. The number of thiol groups is 1. The molecule has 0 unspecified atom stereocenters. The van der Waals surface area contributed by atoms with Gasteiger partial charge in [-0.3, -0.25) is 0 Å². The molecule has 15 heavy (non-hydrogen) atoms. The van der Waals surface area contributed by atoms with Crippen molar-refractivity contribution in [3.8, 4) is 0 Å². The zero-order valence-electron chi connectivity index (χ0n) is 8.06. The van der Waals surface area contributed by atoms with Crippen LogP contribution in [-0.4, -0.2) is 17.6 Å². The molecule has 2 rings (SSSR count). The van der Waals surface area contributed by atoms with E-state index in [1.807, 2.05) is 0 Å². The number of carbonyl (C=O) groups is 1. The predicted molar refractivity (Wildman–Crippen MR) is 62.8 cm³/mol. The number of ether oxygens (including phenoxy) is 1. The van der Waals surface area contributed by atoms with E-state index < -0.39 is 0 Å². The molecule has 0 aliphatic heterocycles. The smallest absolute Gasteiger partial charge is 0.338 e. The van der Waals surface area contributed by atoms with E-state index in [-0.39, 0.29) is 5.97 Å². The zero-order chi connectivity index (χ0) is 10.8. The van der Waals surface area contributed by atoms with Crippen molar-refractivity contribution in [3.05, 3.63) is 23.8 Å². The largest absolute Gasteiger partial charge is 0.462 e. The zero-order valence-corrected chi connectivity index (χ0v) is 9.77. The summed E-state index contributed by atoms with van der Waals surface area (Å²) < 4.78 is 6.56. The Balaban J connectivity index is 2.41. The second kappa shape index (κ2) is 4.20. The Hall–Kier alpha value is -1.07. The highest BCUT2D eigenvalue weighted by molar-refractivity contribution is 7.82. The molecule has 0 atom stereocenters. The summed E-state index contributed by atoms with van der Waals surface area (Å²) in [5.41, 5.74) is 1.42. The lowest BCUT2D eigenvalue weighted by Gasteiger charge is -2.00. The minimum atomic E-state index is -0.298. The van der Waals surface area contributed by atoms with E-state index in [0.29, 0.717) is 16.5 Å². The van der Waals surface area contributed by atoms with Crippen molar-refractivity contribution in [2.24, 2.45) is 0 Å². The lowest BCUT2D eigenvalue weighted by molar-refractivity contribution is 0.0526. The van der Waals surface area contributed by atoms with Crippen LogP contribution in [-0.2, 0) is 4.74 Å². The lowest BCUT2D eigenvalue weighted by Crippen LogP contribution is -2.03. The van der Waals surface area contributed by atoms with E-state index in [1.54, 1.807) is 25.1 Å². The Bertz CT molecular complexity index is 507. The lowest BCUT2D eigenvalue weighted by atomic mass is 10.2. The number of esters is 1. The molecule has 1 aromatic heterocycles. The molecule has 2 aromatic rings. The van der Waals surface area contributed by atoms with Crippen molar-refractivity contribution in [2.75, 3.05) is 6.61 Å². The van der Waals surface area contributed by atoms with Gasteiger partial charge in [-0.1, -0.05) is 0 Å². The quantitative estimate of drug-likeness (QED) is 0.647. The standard InChI is InChI=1S/C10H9NO2S2/c1-2-13-9(12)6-3-4-7-8(5-6)15-10(14)11-7/h3-5H,2H2,1H3,(H,11,14). The van der Waals surface area contributed by atoms with Crippen LogP contribution in [0.5, 0.6) is 0 Å². The summed E-state index contributed by atoms with van der Waals surface area (Å²) in [4.78, 5) is 15.6. The molecule has 0 fully saturated rings. The third-order valence-corrected chi connectivity index (χ3v) is 3.08. The van der Waals surface area contributed by atoms with Gasteiger partial charge in [0.05, 0.1) is 22.4 Å². The first kappa shape index (κ1) is 10.4. The maximum absolute atomic E-state index is 11.4. The van der Waals surface area contributed by atoms with Crippen molar-refractivity contribution < 1.29 is 9.53 Å². The van der Waals surface area contributed by atoms with Gasteiger partial charge >= 0.3 is 5.97 Å². The Morgan fingerprint density at radius 3 is 3.13 bits per heavy atom. The number of fused-ring (bicyclic) bond motifs is 1. The highest BCUT2D eigenvalue weighted by Crippen LogP contribution is 2.25. The number of carbonyl (C=O) groups excluding carboxylic acids is 1. The Labute approximate surface area is 96.5 Å². The van der Waals surface area contributed by atoms with Gasteiger partial charge in [0.15, 0.2) is 0 Å². The first-order valence-corrected chi connectivity index (χ1v) is 5.73. The van der Waals surface area contributed by atoms with Crippen LogP contribution in [0.1, 0.15) is 17.3 Å². The SMILES string of the molecule is CCOC(=O)c1ccc2nc(S)sc2c1. The average Bonchev–Trinajstić information content (AvgIpc) is 2.57. The van der Waals surface area contributed by atoms with Crippen LogP contribution in [0.2, 0.25) is 0 Å². The van der Waals surface area contributed by atoms with Crippen LogP contribution in [0.4, 0.5) is 0 Å². The van der Waals surface area contributed by atoms with Crippen LogP contribution >= 0.6 is 24.0 Å².